The summed E-state index contributed by atoms with van der Waals surface area (Å²) in [5.41, 5.74) is 0.915. The van der Waals surface area contributed by atoms with E-state index >= 15 is 0 Å². The molecule has 2 aromatic rings. The van der Waals surface area contributed by atoms with E-state index in [1.165, 1.54) is 36.5 Å². The van der Waals surface area contributed by atoms with Crippen LogP contribution >= 0.6 is 11.6 Å². The van der Waals surface area contributed by atoms with Crippen molar-refractivity contribution in [2.45, 2.75) is 0 Å². The van der Waals surface area contributed by atoms with Gasteiger partial charge in [-0.2, -0.15) is 0 Å². The predicted octanol–water partition coefficient (Wildman–Crippen LogP) is 3.13. The molecule has 0 aliphatic carbocycles. The number of hydrogen-bond donors (Lipinski definition) is 1. The van der Waals surface area contributed by atoms with Gasteiger partial charge in [-0.3, -0.25) is 4.79 Å². The standard InChI is InChI=1S/C12H8ClFN2O/c13-11-7-10(5-6-15-11)16-12(17)8-1-3-9(14)4-2-8/h1-7H,(H,15,16,17). The lowest BCUT2D eigenvalue weighted by molar-refractivity contribution is 0.102. The maximum Gasteiger partial charge on any atom is 0.255 e. The molecule has 2 rings (SSSR count). The van der Waals surface area contributed by atoms with E-state index in [2.05, 4.69) is 10.3 Å². The number of carbonyl (C=O) groups excluding carboxylic acids is 1. The SMILES string of the molecule is O=C(Nc1ccnc(Cl)c1)c1ccc(F)cc1. The van der Waals surface area contributed by atoms with E-state index in [0.29, 0.717) is 16.4 Å². The molecule has 0 bridgehead atoms. The first kappa shape index (κ1) is 11.5. The topological polar surface area (TPSA) is 42.0 Å². The molecule has 17 heavy (non-hydrogen) atoms. The molecule has 5 heteroatoms. The fraction of sp³-hybridized carbons (Fsp3) is 0. The number of hydrogen-bond acceptors (Lipinski definition) is 2. The van der Waals surface area contributed by atoms with Crippen molar-refractivity contribution in [3.63, 3.8) is 0 Å². The first-order chi connectivity index (χ1) is 8.15. The molecule has 1 aromatic heterocycles. The maximum absolute atomic E-state index is 12.7. The van der Waals surface area contributed by atoms with Gasteiger partial charge in [-0.15, -0.1) is 0 Å². The number of nitrogens with zero attached hydrogens (tertiary/aromatic N) is 1. The largest absolute Gasteiger partial charge is 0.322 e. The fourth-order valence-electron chi connectivity index (χ4n) is 1.28. The number of anilines is 1. The van der Waals surface area contributed by atoms with Crippen LogP contribution in [-0.2, 0) is 0 Å². The molecule has 1 amide bonds. The van der Waals surface area contributed by atoms with Gasteiger partial charge in [0.15, 0.2) is 0 Å². The van der Waals surface area contributed by atoms with Crippen LogP contribution in [-0.4, -0.2) is 10.9 Å². The summed E-state index contributed by atoms with van der Waals surface area (Å²) in [4.78, 5) is 15.5. The van der Waals surface area contributed by atoms with E-state index in [9.17, 15) is 9.18 Å². The monoisotopic (exact) mass is 250 g/mol. The number of carbonyl (C=O) groups is 1. The average Bonchev–Trinajstić information content (AvgIpc) is 2.29. The van der Waals surface area contributed by atoms with Crippen LogP contribution in [0.25, 0.3) is 0 Å². The molecular formula is C12H8ClFN2O. The molecule has 0 unspecified atom stereocenters. The van der Waals surface area contributed by atoms with Gasteiger partial charge < -0.3 is 5.32 Å². The molecular weight excluding hydrogens is 243 g/mol. The molecule has 86 valence electrons. The van der Waals surface area contributed by atoms with Crippen LogP contribution in [0.15, 0.2) is 42.6 Å². The number of halogens is 2. The average molecular weight is 251 g/mol. The van der Waals surface area contributed by atoms with Crippen LogP contribution in [0, 0.1) is 5.82 Å². The van der Waals surface area contributed by atoms with Gasteiger partial charge in [0, 0.05) is 17.4 Å². The minimum Gasteiger partial charge on any atom is -0.322 e. The van der Waals surface area contributed by atoms with E-state index < -0.39 is 0 Å². The molecule has 1 aromatic carbocycles. The van der Waals surface area contributed by atoms with Crippen LogP contribution in [0.2, 0.25) is 5.15 Å². The van der Waals surface area contributed by atoms with E-state index in [1.54, 1.807) is 6.07 Å². The Morgan fingerprint density at radius 2 is 1.94 bits per heavy atom. The van der Waals surface area contributed by atoms with Crippen molar-refractivity contribution in [1.29, 1.82) is 0 Å². The second-order valence-corrected chi connectivity index (χ2v) is 3.72. The lowest BCUT2D eigenvalue weighted by Crippen LogP contribution is -2.11. The highest BCUT2D eigenvalue weighted by Gasteiger charge is 2.06. The molecule has 0 spiro atoms. The summed E-state index contributed by atoms with van der Waals surface area (Å²) in [5, 5.41) is 2.93. The van der Waals surface area contributed by atoms with Gasteiger partial charge in [-0.1, -0.05) is 11.6 Å². The summed E-state index contributed by atoms with van der Waals surface area (Å²) in [5.74, 6) is -0.708. The number of pyridine rings is 1. The van der Waals surface area contributed by atoms with Crippen LogP contribution in [0.5, 0.6) is 0 Å². The van der Waals surface area contributed by atoms with Gasteiger partial charge in [0.05, 0.1) is 0 Å². The summed E-state index contributed by atoms with van der Waals surface area (Å²) in [6.45, 7) is 0. The van der Waals surface area contributed by atoms with E-state index in [4.69, 9.17) is 11.6 Å². The summed E-state index contributed by atoms with van der Waals surface area (Å²) < 4.78 is 12.7. The van der Waals surface area contributed by atoms with Crippen molar-refractivity contribution in [2.75, 3.05) is 5.32 Å². The fourth-order valence-corrected chi connectivity index (χ4v) is 1.46. The lowest BCUT2D eigenvalue weighted by atomic mass is 10.2. The third kappa shape index (κ3) is 3.01. The summed E-state index contributed by atoms with van der Waals surface area (Å²) in [6.07, 6.45) is 1.49. The highest BCUT2D eigenvalue weighted by atomic mass is 35.5. The molecule has 0 saturated heterocycles. The predicted molar refractivity (Wildman–Crippen MR) is 63.6 cm³/mol. The number of aromatic nitrogens is 1. The van der Waals surface area contributed by atoms with Gasteiger partial charge in [-0.25, -0.2) is 9.37 Å². The first-order valence-corrected chi connectivity index (χ1v) is 5.21. The van der Waals surface area contributed by atoms with E-state index in [-0.39, 0.29) is 11.7 Å². The molecule has 0 radical (unpaired) electrons. The van der Waals surface area contributed by atoms with Gasteiger partial charge in [-0.05, 0) is 36.4 Å². The summed E-state index contributed by atoms with van der Waals surface area (Å²) in [7, 11) is 0. The normalized spacial score (nSPS) is 10.0. The number of rotatable bonds is 2. The van der Waals surface area contributed by atoms with Crippen molar-refractivity contribution in [1.82, 2.24) is 4.98 Å². The zero-order valence-corrected chi connectivity index (χ0v) is 9.41. The Kier molecular flexibility index (Phi) is 3.35. The Hall–Kier alpha value is -1.94. The van der Waals surface area contributed by atoms with Crippen LogP contribution in [0.1, 0.15) is 10.4 Å². The van der Waals surface area contributed by atoms with Crippen LogP contribution in [0.4, 0.5) is 10.1 Å². The van der Waals surface area contributed by atoms with E-state index in [0.717, 1.165) is 0 Å². The van der Waals surface area contributed by atoms with Crippen LogP contribution in [0.3, 0.4) is 0 Å². The molecule has 0 saturated carbocycles. The molecule has 0 aliphatic rings. The second-order valence-electron chi connectivity index (χ2n) is 3.33. The minimum atomic E-state index is -0.381. The quantitative estimate of drug-likeness (QED) is 0.832. The Morgan fingerprint density at radius 3 is 2.59 bits per heavy atom. The number of nitrogens with one attached hydrogen (secondary N) is 1. The molecule has 3 nitrogen and oxygen atoms in total. The van der Waals surface area contributed by atoms with Gasteiger partial charge in [0.25, 0.3) is 5.91 Å². The van der Waals surface area contributed by atoms with Crippen molar-refractivity contribution in [3.05, 3.63) is 59.1 Å². The maximum atomic E-state index is 12.7. The Balaban J connectivity index is 2.14. The van der Waals surface area contributed by atoms with Crippen molar-refractivity contribution in [3.8, 4) is 0 Å². The Bertz CT molecular complexity index is 542. The third-order valence-corrected chi connectivity index (χ3v) is 2.30. The van der Waals surface area contributed by atoms with Gasteiger partial charge >= 0.3 is 0 Å². The van der Waals surface area contributed by atoms with Crippen molar-refractivity contribution < 1.29 is 9.18 Å². The molecule has 1 N–H and O–H groups in total. The van der Waals surface area contributed by atoms with Gasteiger partial charge in [0.1, 0.15) is 11.0 Å². The number of benzene rings is 1. The summed E-state index contributed by atoms with van der Waals surface area (Å²) in [6, 6.07) is 8.43. The van der Waals surface area contributed by atoms with Crippen molar-refractivity contribution >= 4 is 23.2 Å². The van der Waals surface area contributed by atoms with Crippen molar-refractivity contribution in [2.24, 2.45) is 0 Å². The molecule has 0 fully saturated rings. The minimum absolute atomic E-state index is 0.293. The Labute approximate surface area is 102 Å². The second kappa shape index (κ2) is 4.93. The highest BCUT2D eigenvalue weighted by molar-refractivity contribution is 6.29. The van der Waals surface area contributed by atoms with Crippen LogP contribution < -0.4 is 5.32 Å². The smallest absolute Gasteiger partial charge is 0.255 e. The van der Waals surface area contributed by atoms with E-state index in [1.807, 2.05) is 0 Å². The zero-order chi connectivity index (χ0) is 12.3. The van der Waals surface area contributed by atoms with Gasteiger partial charge in [0.2, 0.25) is 0 Å². The highest BCUT2D eigenvalue weighted by Crippen LogP contribution is 2.13. The Morgan fingerprint density at radius 1 is 1.24 bits per heavy atom. The molecule has 0 atom stereocenters. The lowest BCUT2D eigenvalue weighted by Gasteiger charge is -2.04. The summed E-state index contributed by atoms with van der Waals surface area (Å²) >= 11 is 5.68. The zero-order valence-electron chi connectivity index (χ0n) is 8.65. The number of amides is 1. The molecule has 0 aliphatic heterocycles. The molecule has 1 heterocycles. The third-order valence-electron chi connectivity index (χ3n) is 2.09. The first-order valence-electron chi connectivity index (χ1n) is 4.83.